The van der Waals surface area contributed by atoms with E-state index in [0.29, 0.717) is 0 Å². The van der Waals surface area contributed by atoms with Crippen molar-refractivity contribution in [2.24, 2.45) is 5.41 Å². The van der Waals surface area contributed by atoms with Crippen molar-refractivity contribution in [2.45, 2.75) is 104 Å². The lowest BCUT2D eigenvalue weighted by molar-refractivity contribution is -0.187. The molecule has 1 aliphatic rings. The van der Waals surface area contributed by atoms with E-state index in [1.807, 2.05) is 18.2 Å². The first-order valence-corrected chi connectivity index (χ1v) is 11.2. The van der Waals surface area contributed by atoms with Crippen LogP contribution < -0.4 is 0 Å². The Balaban J connectivity index is 2.66. The summed E-state index contributed by atoms with van der Waals surface area (Å²) < 4.78 is 11.4. The summed E-state index contributed by atoms with van der Waals surface area (Å²) in [5.74, 6) is -2.83. The molecule has 1 aromatic rings. The highest BCUT2D eigenvalue weighted by Gasteiger charge is 2.55. The van der Waals surface area contributed by atoms with Crippen LogP contribution in [-0.4, -0.2) is 34.2 Å². The first-order chi connectivity index (χ1) is 14.3. The first-order valence-electron chi connectivity index (χ1n) is 11.2. The van der Waals surface area contributed by atoms with Gasteiger partial charge in [-0.1, -0.05) is 39.0 Å². The third-order valence-electron chi connectivity index (χ3n) is 5.54. The summed E-state index contributed by atoms with van der Waals surface area (Å²) >= 11 is 0. The van der Waals surface area contributed by atoms with E-state index in [0.717, 1.165) is 16.7 Å². The predicted molar refractivity (Wildman–Crippen MR) is 123 cm³/mol. The third kappa shape index (κ3) is 6.11. The Morgan fingerprint density at radius 1 is 0.938 bits per heavy atom. The molecule has 1 atom stereocenters. The quantitative estimate of drug-likeness (QED) is 0.508. The number of rotatable bonds is 4. The van der Waals surface area contributed by atoms with E-state index in [9.17, 15) is 19.5 Å². The van der Waals surface area contributed by atoms with Crippen LogP contribution in [0.5, 0.6) is 0 Å². The summed E-state index contributed by atoms with van der Waals surface area (Å²) in [5, 5.41) is 9.61. The van der Waals surface area contributed by atoms with Crippen LogP contribution in [0.3, 0.4) is 0 Å². The minimum atomic E-state index is -1.60. The van der Waals surface area contributed by atoms with Crippen molar-refractivity contribution in [3.05, 3.63) is 34.9 Å². The van der Waals surface area contributed by atoms with Crippen LogP contribution in [0.2, 0.25) is 0 Å². The van der Waals surface area contributed by atoms with E-state index >= 15 is 0 Å². The number of carbonyl (C=O) groups excluding carboxylic acids is 2. The Hall–Kier alpha value is -2.37. The van der Waals surface area contributed by atoms with Crippen molar-refractivity contribution < 1.29 is 29.0 Å². The zero-order chi connectivity index (χ0) is 24.7. The molecule has 0 saturated heterocycles. The lowest BCUT2D eigenvalue weighted by Crippen LogP contribution is -2.50. The van der Waals surface area contributed by atoms with Gasteiger partial charge >= 0.3 is 17.9 Å². The van der Waals surface area contributed by atoms with Gasteiger partial charge in [0, 0.05) is 0 Å². The van der Waals surface area contributed by atoms with Crippen molar-refractivity contribution in [1.82, 2.24) is 0 Å². The van der Waals surface area contributed by atoms with Gasteiger partial charge in [0.05, 0.1) is 6.42 Å². The molecule has 0 radical (unpaired) electrons. The molecule has 178 valence electrons. The monoisotopic (exact) mass is 446 g/mol. The molecule has 1 aliphatic carbocycles. The molecule has 0 spiro atoms. The average Bonchev–Trinajstić information content (AvgIpc) is 2.56. The fourth-order valence-corrected chi connectivity index (χ4v) is 4.07. The Bertz CT molecular complexity index is 864. The molecular weight excluding hydrogens is 408 g/mol. The molecule has 0 aliphatic heterocycles. The van der Waals surface area contributed by atoms with Gasteiger partial charge < -0.3 is 14.6 Å². The van der Waals surface area contributed by atoms with E-state index in [1.165, 1.54) is 0 Å². The van der Waals surface area contributed by atoms with Crippen LogP contribution in [0.15, 0.2) is 18.2 Å². The van der Waals surface area contributed by atoms with Gasteiger partial charge in [-0.05, 0) is 82.4 Å². The summed E-state index contributed by atoms with van der Waals surface area (Å²) in [4.78, 5) is 38.7. The molecule has 1 unspecified atom stereocenters. The average molecular weight is 447 g/mol. The van der Waals surface area contributed by atoms with Crippen LogP contribution in [-0.2, 0) is 35.7 Å². The Kier molecular flexibility index (Phi) is 6.90. The second kappa shape index (κ2) is 8.53. The van der Waals surface area contributed by atoms with Crippen molar-refractivity contribution in [3.63, 3.8) is 0 Å². The molecule has 0 fully saturated rings. The number of esters is 2. The van der Waals surface area contributed by atoms with Crippen LogP contribution in [0, 0.1) is 5.41 Å². The molecule has 6 heteroatoms. The van der Waals surface area contributed by atoms with Crippen LogP contribution in [0.4, 0.5) is 0 Å². The highest BCUT2D eigenvalue weighted by atomic mass is 16.6. The van der Waals surface area contributed by atoms with E-state index in [2.05, 4.69) is 20.8 Å². The number of fused-ring (bicyclic) bond motifs is 1. The van der Waals surface area contributed by atoms with Crippen molar-refractivity contribution in [2.75, 3.05) is 0 Å². The zero-order valence-electron chi connectivity index (χ0n) is 20.9. The lowest BCUT2D eigenvalue weighted by Gasteiger charge is -2.41. The van der Waals surface area contributed by atoms with Gasteiger partial charge in [-0.2, -0.15) is 0 Å². The topological polar surface area (TPSA) is 89.9 Å². The van der Waals surface area contributed by atoms with E-state index < -0.39 is 40.4 Å². The zero-order valence-corrected chi connectivity index (χ0v) is 20.9. The summed E-state index contributed by atoms with van der Waals surface area (Å²) in [6, 6.07) is 5.92. The van der Waals surface area contributed by atoms with Gasteiger partial charge in [-0.15, -0.1) is 0 Å². The largest absolute Gasteiger partial charge is 0.481 e. The number of hydrogen-bond donors (Lipinski definition) is 1. The number of hydrogen-bond acceptors (Lipinski definition) is 5. The van der Waals surface area contributed by atoms with Gasteiger partial charge in [-0.25, -0.2) is 0 Å². The molecule has 0 amide bonds. The molecule has 32 heavy (non-hydrogen) atoms. The molecule has 0 heterocycles. The van der Waals surface area contributed by atoms with Crippen molar-refractivity contribution in [1.29, 1.82) is 0 Å². The maximum Gasteiger partial charge on any atom is 0.324 e. The van der Waals surface area contributed by atoms with Crippen LogP contribution >= 0.6 is 0 Å². The number of aliphatic carboxylic acids is 1. The number of benzene rings is 1. The molecule has 0 saturated carbocycles. The third-order valence-corrected chi connectivity index (χ3v) is 5.54. The maximum absolute atomic E-state index is 13.5. The number of carbonyl (C=O) groups is 3. The fraction of sp³-hybridized carbons (Fsp3) is 0.654. The first kappa shape index (κ1) is 25.9. The molecule has 2 rings (SSSR count). The normalized spacial score (nSPS) is 18.5. The minimum Gasteiger partial charge on any atom is -0.481 e. The van der Waals surface area contributed by atoms with Gasteiger partial charge in [0.2, 0.25) is 0 Å². The molecule has 1 aromatic carbocycles. The minimum absolute atomic E-state index is 0.0315. The Labute approximate surface area is 191 Å². The van der Waals surface area contributed by atoms with E-state index in [-0.39, 0.29) is 24.7 Å². The second-order valence-corrected chi connectivity index (χ2v) is 11.9. The highest BCUT2D eigenvalue weighted by Crippen LogP contribution is 2.47. The van der Waals surface area contributed by atoms with Gasteiger partial charge in [0.1, 0.15) is 11.2 Å². The molecule has 0 aromatic heterocycles. The Morgan fingerprint density at radius 2 is 1.44 bits per heavy atom. The van der Waals surface area contributed by atoms with Gasteiger partial charge in [0.15, 0.2) is 5.41 Å². The SMILES string of the molecule is CC(C)(C)OC(=O)C1(C(=O)OC(C)(C)C)Cc2ccc(C(C)(C)C)cc2C(CC(=O)O)C1. The molecule has 0 bridgehead atoms. The van der Waals surface area contributed by atoms with Gasteiger partial charge in [0.25, 0.3) is 0 Å². The maximum atomic E-state index is 13.5. The summed E-state index contributed by atoms with van der Waals surface area (Å²) in [6.45, 7) is 16.7. The molecular formula is C26H38O6. The number of ether oxygens (including phenoxy) is 2. The number of carboxylic acid groups (broad SMARTS) is 1. The van der Waals surface area contributed by atoms with Crippen LogP contribution in [0.1, 0.15) is 97.8 Å². The molecule has 1 N–H and O–H groups in total. The molecule has 6 nitrogen and oxygen atoms in total. The lowest BCUT2D eigenvalue weighted by atomic mass is 9.65. The number of carboxylic acids is 1. The smallest absolute Gasteiger partial charge is 0.324 e. The second-order valence-electron chi connectivity index (χ2n) is 11.9. The highest BCUT2D eigenvalue weighted by molar-refractivity contribution is 6.01. The van der Waals surface area contributed by atoms with Gasteiger partial charge in [-0.3, -0.25) is 14.4 Å². The Morgan fingerprint density at radius 3 is 1.84 bits per heavy atom. The fourth-order valence-electron chi connectivity index (χ4n) is 4.07. The summed E-state index contributed by atoms with van der Waals surface area (Å²) in [5.41, 5.74) is -0.580. The van der Waals surface area contributed by atoms with Crippen molar-refractivity contribution in [3.8, 4) is 0 Å². The van der Waals surface area contributed by atoms with E-state index in [1.54, 1.807) is 41.5 Å². The summed E-state index contributed by atoms with van der Waals surface area (Å²) in [7, 11) is 0. The van der Waals surface area contributed by atoms with Crippen molar-refractivity contribution >= 4 is 17.9 Å². The van der Waals surface area contributed by atoms with Crippen LogP contribution in [0.25, 0.3) is 0 Å². The summed E-state index contributed by atoms with van der Waals surface area (Å²) in [6.07, 6.45) is -0.0373. The standard InChI is InChI=1S/C26H38O6/c1-23(2,3)18-11-10-16-14-26(21(29)31-24(4,5)6,22(30)32-25(7,8)9)15-17(12-20(27)28)19(16)13-18/h10-11,13,17H,12,14-15H2,1-9H3,(H,27,28). The predicted octanol–water partition coefficient (Wildman–Crippen LogP) is 5.16. The van der Waals surface area contributed by atoms with E-state index in [4.69, 9.17) is 9.47 Å².